The molecule has 0 saturated carbocycles. The second-order valence-electron chi connectivity index (χ2n) is 6.84. The number of benzene rings is 1. The van der Waals surface area contributed by atoms with Crippen molar-refractivity contribution in [1.82, 2.24) is 10.2 Å². The van der Waals surface area contributed by atoms with Crippen LogP contribution in [0.4, 0.5) is 5.69 Å². The number of piperidine rings is 1. The summed E-state index contributed by atoms with van der Waals surface area (Å²) in [5.41, 5.74) is 3.81. The van der Waals surface area contributed by atoms with E-state index in [1.165, 1.54) is 24.0 Å². The van der Waals surface area contributed by atoms with E-state index in [0.717, 1.165) is 51.0 Å². The maximum Gasteiger partial charge on any atom is 0.238 e. The molecule has 1 fully saturated rings. The van der Waals surface area contributed by atoms with Gasteiger partial charge in [0.15, 0.2) is 0 Å². The Kier molecular flexibility index (Phi) is 5.68. The van der Waals surface area contributed by atoms with Crippen molar-refractivity contribution in [1.29, 1.82) is 0 Å². The number of fused-ring (bicyclic) bond motifs is 1. The van der Waals surface area contributed by atoms with E-state index in [2.05, 4.69) is 40.7 Å². The number of aryl methyl sites for hydroxylation is 2. The highest BCUT2D eigenvalue weighted by Gasteiger charge is 2.22. The van der Waals surface area contributed by atoms with Crippen LogP contribution in [-0.2, 0) is 17.6 Å². The highest BCUT2D eigenvalue weighted by atomic mass is 16.2. The SMILES string of the molecule is CCCN(CC(=O)Nc1ccc2c(c1)CCC2)C1CCNCC1. The number of carbonyl (C=O) groups excluding carboxylic acids is 1. The second kappa shape index (κ2) is 7.93. The van der Waals surface area contributed by atoms with Gasteiger partial charge in [0.25, 0.3) is 0 Å². The lowest BCUT2D eigenvalue weighted by molar-refractivity contribution is -0.118. The van der Waals surface area contributed by atoms with E-state index in [0.29, 0.717) is 12.6 Å². The minimum atomic E-state index is 0.120. The van der Waals surface area contributed by atoms with E-state index in [9.17, 15) is 4.79 Å². The van der Waals surface area contributed by atoms with Crippen LogP contribution in [0.3, 0.4) is 0 Å². The summed E-state index contributed by atoms with van der Waals surface area (Å²) in [4.78, 5) is 14.8. The maximum atomic E-state index is 12.5. The van der Waals surface area contributed by atoms with Gasteiger partial charge in [-0.25, -0.2) is 0 Å². The molecule has 1 aliphatic heterocycles. The van der Waals surface area contributed by atoms with E-state index in [-0.39, 0.29) is 5.91 Å². The lowest BCUT2D eigenvalue weighted by Gasteiger charge is -2.34. The predicted molar refractivity (Wildman–Crippen MR) is 94.9 cm³/mol. The molecule has 3 rings (SSSR count). The molecule has 2 N–H and O–H groups in total. The molecule has 0 bridgehead atoms. The zero-order valence-electron chi connectivity index (χ0n) is 14.2. The maximum absolute atomic E-state index is 12.5. The Morgan fingerprint density at radius 2 is 2.04 bits per heavy atom. The number of nitrogens with zero attached hydrogens (tertiary/aromatic N) is 1. The number of hydrogen-bond acceptors (Lipinski definition) is 3. The molecular formula is C19H29N3O. The van der Waals surface area contributed by atoms with Gasteiger partial charge in [-0.1, -0.05) is 13.0 Å². The van der Waals surface area contributed by atoms with Crippen LogP contribution >= 0.6 is 0 Å². The van der Waals surface area contributed by atoms with Crippen LogP contribution in [0.5, 0.6) is 0 Å². The first kappa shape index (κ1) is 16.5. The third-order valence-electron chi connectivity index (χ3n) is 5.06. The first-order valence-electron chi connectivity index (χ1n) is 9.12. The molecule has 1 aliphatic carbocycles. The first-order valence-corrected chi connectivity index (χ1v) is 9.12. The van der Waals surface area contributed by atoms with Gasteiger partial charge in [0, 0.05) is 11.7 Å². The van der Waals surface area contributed by atoms with Crippen LogP contribution in [-0.4, -0.2) is 43.0 Å². The Bertz CT molecular complexity index is 537. The molecule has 4 nitrogen and oxygen atoms in total. The third kappa shape index (κ3) is 4.33. The van der Waals surface area contributed by atoms with Crippen LogP contribution in [0.25, 0.3) is 0 Å². The lowest BCUT2D eigenvalue weighted by Crippen LogP contribution is -2.46. The molecule has 1 amide bonds. The van der Waals surface area contributed by atoms with Crippen molar-refractivity contribution in [3.05, 3.63) is 29.3 Å². The van der Waals surface area contributed by atoms with E-state index in [1.54, 1.807) is 0 Å². The zero-order chi connectivity index (χ0) is 16.1. The third-order valence-corrected chi connectivity index (χ3v) is 5.06. The Hall–Kier alpha value is -1.39. The molecule has 1 aromatic rings. The molecule has 126 valence electrons. The first-order chi connectivity index (χ1) is 11.3. The van der Waals surface area contributed by atoms with Gasteiger partial charge in [0.05, 0.1) is 6.54 Å². The summed E-state index contributed by atoms with van der Waals surface area (Å²) in [6, 6.07) is 6.93. The molecule has 1 aromatic carbocycles. The number of nitrogens with one attached hydrogen (secondary N) is 2. The van der Waals surface area contributed by atoms with Crippen molar-refractivity contribution in [2.75, 3.05) is 31.5 Å². The monoisotopic (exact) mass is 315 g/mol. The molecule has 0 aromatic heterocycles. The van der Waals surface area contributed by atoms with Gasteiger partial charge < -0.3 is 10.6 Å². The standard InChI is InChI=1S/C19H29N3O/c1-2-12-22(18-8-10-20-11-9-18)14-19(23)21-17-7-6-15-4-3-5-16(15)13-17/h6-7,13,18,20H,2-5,8-12,14H2,1H3,(H,21,23). The average Bonchev–Trinajstić information content (AvgIpc) is 3.03. The molecule has 23 heavy (non-hydrogen) atoms. The van der Waals surface area contributed by atoms with Crippen molar-refractivity contribution in [3.8, 4) is 0 Å². The largest absolute Gasteiger partial charge is 0.325 e. The summed E-state index contributed by atoms with van der Waals surface area (Å²) in [5, 5.41) is 6.50. The van der Waals surface area contributed by atoms with Crippen LogP contribution in [0, 0.1) is 0 Å². The summed E-state index contributed by atoms with van der Waals surface area (Å²) in [6.07, 6.45) is 6.96. The van der Waals surface area contributed by atoms with Gasteiger partial charge in [-0.15, -0.1) is 0 Å². The molecule has 4 heteroatoms. The highest BCUT2D eigenvalue weighted by molar-refractivity contribution is 5.92. The van der Waals surface area contributed by atoms with Gasteiger partial charge in [-0.05, 0) is 81.4 Å². The fourth-order valence-electron chi connectivity index (χ4n) is 3.88. The summed E-state index contributed by atoms with van der Waals surface area (Å²) in [6.45, 7) is 5.83. The lowest BCUT2D eigenvalue weighted by atomic mass is 10.0. The molecule has 2 aliphatic rings. The summed E-state index contributed by atoms with van der Waals surface area (Å²) >= 11 is 0. The predicted octanol–water partition coefficient (Wildman–Crippen LogP) is 2.58. The van der Waals surface area contributed by atoms with Crippen LogP contribution in [0.2, 0.25) is 0 Å². The van der Waals surface area contributed by atoms with Crippen molar-refractivity contribution in [3.63, 3.8) is 0 Å². The number of anilines is 1. The molecule has 0 radical (unpaired) electrons. The van der Waals surface area contributed by atoms with E-state index in [4.69, 9.17) is 0 Å². The fourth-order valence-corrected chi connectivity index (χ4v) is 3.88. The fraction of sp³-hybridized carbons (Fsp3) is 0.632. The molecule has 1 saturated heterocycles. The Morgan fingerprint density at radius 1 is 1.26 bits per heavy atom. The topological polar surface area (TPSA) is 44.4 Å². The van der Waals surface area contributed by atoms with Crippen molar-refractivity contribution >= 4 is 11.6 Å². The minimum absolute atomic E-state index is 0.120. The normalized spacial score (nSPS) is 18.2. The van der Waals surface area contributed by atoms with Gasteiger partial charge in [0.2, 0.25) is 5.91 Å². The van der Waals surface area contributed by atoms with Crippen LogP contribution in [0.15, 0.2) is 18.2 Å². The Labute approximate surface area is 139 Å². The zero-order valence-corrected chi connectivity index (χ0v) is 14.2. The number of hydrogen-bond donors (Lipinski definition) is 2. The quantitative estimate of drug-likeness (QED) is 0.848. The summed E-state index contributed by atoms with van der Waals surface area (Å²) in [5.74, 6) is 0.120. The van der Waals surface area contributed by atoms with E-state index >= 15 is 0 Å². The molecule has 0 unspecified atom stereocenters. The summed E-state index contributed by atoms with van der Waals surface area (Å²) in [7, 11) is 0. The molecule has 1 heterocycles. The van der Waals surface area contributed by atoms with Gasteiger partial charge in [-0.3, -0.25) is 9.69 Å². The van der Waals surface area contributed by atoms with Crippen molar-refractivity contribution in [2.45, 2.75) is 51.5 Å². The summed E-state index contributed by atoms with van der Waals surface area (Å²) < 4.78 is 0. The minimum Gasteiger partial charge on any atom is -0.325 e. The van der Waals surface area contributed by atoms with E-state index in [1.807, 2.05) is 0 Å². The number of rotatable bonds is 6. The highest BCUT2D eigenvalue weighted by Crippen LogP contribution is 2.25. The van der Waals surface area contributed by atoms with Crippen LogP contribution in [0.1, 0.15) is 43.7 Å². The Balaban J connectivity index is 1.58. The average molecular weight is 315 g/mol. The van der Waals surface area contributed by atoms with E-state index < -0.39 is 0 Å². The second-order valence-corrected chi connectivity index (χ2v) is 6.84. The number of carbonyl (C=O) groups is 1. The van der Waals surface area contributed by atoms with Crippen molar-refractivity contribution < 1.29 is 4.79 Å². The van der Waals surface area contributed by atoms with Crippen LogP contribution < -0.4 is 10.6 Å². The Morgan fingerprint density at radius 3 is 2.83 bits per heavy atom. The van der Waals surface area contributed by atoms with Gasteiger partial charge in [0.1, 0.15) is 0 Å². The van der Waals surface area contributed by atoms with Gasteiger partial charge >= 0.3 is 0 Å². The molecule has 0 spiro atoms. The van der Waals surface area contributed by atoms with Gasteiger partial charge in [-0.2, -0.15) is 0 Å². The van der Waals surface area contributed by atoms with Crippen molar-refractivity contribution in [2.24, 2.45) is 0 Å². The smallest absolute Gasteiger partial charge is 0.238 e. The number of amides is 1. The molecular weight excluding hydrogens is 286 g/mol. The molecule has 0 atom stereocenters.